The number of hydrogen-bond donors (Lipinski definition) is 1. The molecule has 0 saturated carbocycles. The summed E-state index contributed by atoms with van der Waals surface area (Å²) in [5.41, 5.74) is 1.32. The molecule has 0 saturated heterocycles. The van der Waals surface area contributed by atoms with E-state index in [1.54, 1.807) is 24.3 Å². The maximum Gasteiger partial charge on any atom is 0.0490 e. The molecular formula is C9H11N. The summed E-state index contributed by atoms with van der Waals surface area (Å²) in [5, 5.41) is 2.64. The largest absolute Gasteiger partial charge is 0.385 e. The first kappa shape index (κ1) is 2.95. The van der Waals surface area contributed by atoms with E-state index in [9.17, 15) is 0 Å². The lowest BCUT2D eigenvalue weighted by atomic mass is 10.0. The van der Waals surface area contributed by atoms with E-state index in [0.717, 1.165) is 0 Å². The highest BCUT2D eigenvalue weighted by molar-refractivity contribution is 5.52. The Balaban J connectivity index is 2.48. The third kappa shape index (κ3) is 0.878. The van der Waals surface area contributed by atoms with Gasteiger partial charge in [0.25, 0.3) is 0 Å². The van der Waals surface area contributed by atoms with Crippen molar-refractivity contribution in [2.24, 2.45) is 0 Å². The van der Waals surface area contributed by atoms with Crippen molar-refractivity contribution in [3.63, 3.8) is 0 Å². The summed E-state index contributed by atoms with van der Waals surface area (Å²) in [7, 11) is 0. The van der Waals surface area contributed by atoms with Crippen LogP contribution in [0.5, 0.6) is 0 Å². The van der Waals surface area contributed by atoms with Crippen LogP contribution < -0.4 is 5.32 Å². The van der Waals surface area contributed by atoms with Gasteiger partial charge in [-0.25, -0.2) is 0 Å². The van der Waals surface area contributed by atoms with Crippen molar-refractivity contribution < 1.29 is 5.48 Å². The number of rotatable bonds is 0. The topological polar surface area (TPSA) is 12.0 Å². The van der Waals surface area contributed by atoms with Crippen molar-refractivity contribution in [2.75, 3.05) is 11.8 Å². The fraction of sp³-hybridized carbons (Fsp3) is 0.333. The van der Waals surface area contributed by atoms with E-state index in [2.05, 4.69) is 5.32 Å². The summed E-state index contributed by atoms with van der Waals surface area (Å²) in [4.78, 5) is 0. The second-order valence-electron chi connectivity index (χ2n) is 2.19. The summed E-state index contributed by atoms with van der Waals surface area (Å²) in [6.07, 6.45) is -1.90. The van der Waals surface area contributed by atoms with Gasteiger partial charge < -0.3 is 5.32 Å². The molecule has 1 aliphatic heterocycles. The monoisotopic (exact) mass is 137 g/mol. The predicted octanol–water partition coefficient (Wildman–Crippen LogP) is 2.04. The Kier molecular flexibility index (Phi) is 0.688. The quantitative estimate of drug-likeness (QED) is 0.577. The fourth-order valence-corrected chi connectivity index (χ4v) is 1.01. The lowest BCUT2D eigenvalue weighted by Crippen LogP contribution is -2.10. The van der Waals surface area contributed by atoms with E-state index < -0.39 is 19.3 Å². The Morgan fingerprint density at radius 3 is 3.30 bits per heavy atom. The average Bonchev–Trinajstić information content (AvgIpc) is 2.14. The summed E-state index contributed by atoms with van der Waals surface area (Å²) in [5.74, 6) is 0. The molecule has 0 bridgehead atoms. The highest BCUT2D eigenvalue weighted by Gasteiger charge is 2.04. The van der Waals surface area contributed by atoms with Crippen molar-refractivity contribution in [1.82, 2.24) is 0 Å². The zero-order valence-corrected chi connectivity index (χ0v) is 5.46. The van der Waals surface area contributed by atoms with Crippen molar-refractivity contribution in [2.45, 2.75) is 12.8 Å². The number of benzene rings is 1. The van der Waals surface area contributed by atoms with Crippen molar-refractivity contribution >= 4 is 5.69 Å². The molecule has 52 valence electrons. The summed E-state index contributed by atoms with van der Waals surface area (Å²) in [6.45, 7) is -1.82. The molecule has 1 nitrogen and oxygen atoms in total. The molecule has 2 rings (SSSR count). The van der Waals surface area contributed by atoms with Gasteiger partial charge in [-0.05, 0) is 24.4 Å². The molecule has 10 heavy (non-hydrogen) atoms. The second kappa shape index (κ2) is 2.33. The van der Waals surface area contributed by atoms with E-state index >= 15 is 0 Å². The molecular weight excluding hydrogens is 122 g/mol. The van der Waals surface area contributed by atoms with Crippen LogP contribution in [0.15, 0.2) is 24.3 Å². The van der Waals surface area contributed by atoms with Gasteiger partial charge in [0.2, 0.25) is 0 Å². The van der Waals surface area contributed by atoms with E-state index in [4.69, 9.17) is 5.48 Å². The smallest absolute Gasteiger partial charge is 0.0490 e. The van der Waals surface area contributed by atoms with Crippen molar-refractivity contribution in [1.29, 1.82) is 0 Å². The van der Waals surface area contributed by atoms with Gasteiger partial charge in [0.05, 0.1) is 0 Å². The molecule has 1 aromatic rings. The van der Waals surface area contributed by atoms with Gasteiger partial charge in [-0.3, -0.25) is 0 Å². The molecule has 0 unspecified atom stereocenters. The molecule has 0 aromatic heterocycles. The highest BCUT2D eigenvalue weighted by Crippen LogP contribution is 2.19. The summed E-state index contributed by atoms with van der Waals surface area (Å²) < 4.78 is 30.4. The molecule has 0 aliphatic carbocycles. The van der Waals surface area contributed by atoms with Crippen LogP contribution in [0.25, 0.3) is 0 Å². The predicted molar refractivity (Wildman–Crippen MR) is 43.3 cm³/mol. The van der Waals surface area contributed by atoms with Crippen LogP contribution in [0.2, 0.25) is 0 Å². The van der Waals surface area contributed by atoms with Gasteiger partial charge in [-0.15, -0.1) is 0 Å². The minimum atomic E-state index is -1.82. The van der Waals surface area contributed by atoms with Crippen LogP contribution in [0.1, 0.15) is 17.4 Å². The zero-order valence-electron chi connectivity index (χ0n) is 9.46. The Morgan fingerprint density at radius 2 is 2.30 bits per heavy atom. The fourth-order valence-electron chi connectivity index (χ4n) is 1.01. The molecule has 1 aromatic carbocycles. The van der Waals surface area contributed by atoms with Gasteiger partial charge in [-0.2, -0.15) is 0 Å². The van der Waals surface area contributed by atoms with E-state index in [1.165, 1.54) is 0 Å². The average molecular weight is 137 g/mol. The molecule has 1 N–H and O–H groups in total. The molecule has 0 amide bonds. The number of aryl methyl sites for hydroxylation is 1. The van der Waals surface area contributed by atoms with Gasteiger partial charge in [0.15, 0.2) is 0 Å². The van der Waals surface area contributed by atoms with Crippen LogP contribution in [0.3, 0.4) is 0 Å². The van der Waals surface area contributed by atoms with E-state index in [0.29, 0.717) is 11.3 Å². The molecule has 1 aliphatic rings. The Labute approximate surface area is 66.7 Å². The molecule has 1 heterocycles. The maximum absolute atomic E-state index is 7.75. The normalized spacial score (nSPS) is 41.2. The van der Waals surface area contributed by atoms with Crippen molar-refractivity contribution in [3.8, 4) is 0 Å². The molecule has 2 atom stereocenters. The van der Waals surface area contributed by atoms with Crippen molar-refractivity contribution in [3.05, 3.63) is 29.8 Å². The summed E-state index contributed by atoms with van der Waals surface area (Å²) in [6, 6.07) is 7.09. The minimum absolute atomic E-state index is 0.626. The molecule has 0 radical (unpaired) electrons. The molecule has 0 spiro atoms. The Bertz CT molecular complexity index is 352. The molecule has 0 fully saturated rings. The van der Waals surface area contributed by atoms with Gasteiger partial charge >= 0.3 is 0 Å². The second-order valence-corrected chi connectivity index (χ2v) is 2.19. The van der Waals surface area contributed by atoms with Crippen LogP contribution >= 0.6 is 0 Å². The lowest BCUT2D eigenvalue weighted by molar-refractivity contribution is 0.830. The Hall–Kier alpha value is -0.980. The molecule has 1 heteroatoms. The highest BCUT2D eigenvalue weighted by atomic mass is 14.9. The third-order valence-corrected chi connectivity index (χ3v) is 1.51. The first-order chi connectivity index (χ1) is 6.52. The standard InChI is InChI=1S/C9H11N/c1-2-6-9-8(4-1)5-3-7-10-9/h1-2,4,6,10H,3,5,7H2/i3D,5D,7D2/t3-,5+/m1/s1. The first-order valence-electron chi connectivity index (χ1n) is 5.39. The van der Waals surface area contributed by atoms with E-state index in [-0.39, 0.29) is 0 Å². The lowest BCUT2D eigenvalue weighted by Gasteiger charge is -2.16. The summed E-state index contributed by atoms with van der Waals surface area (Å²) >= 11 is 0. The van der Waals surface area contributed by atoms with Crippen LogP contribution in [0, 0.1) is 0 Å². The minimum Gasteiger partial charge on any atom is -0.385 e. The van der Waals surface area contributed by atoms with Crippen LogP contribution in [-0.4, -0.2) is 6.50 Å². The van der Waals surface area contributed by atoms with Crippen LogP contribution in [0.4, 0.5) is 5.69 Å². The first-order valence-corrected chi connectivity index (χ1v) is 3.24. The van der Waals surface area contributed by atoms with Gasteiger partial charge in [0.1, 0.15) is 0 Å². The van der Waals surface area contributed by atoms with Gasteiger partial charge in [0, 0.05) is 17.7 Å². The third-order valence-electron chi connectivity index (χ3n) is 1.51. The van der Waals surface area contributed by atoms with Crippen LogP contribution in [-0.2, 0) is 6.40 Å². The maximum atomic E-state index is 7.75. The van der Waals surface area contributed by atoms with E-state index in [1.807, 2.05) is 0 Å². The van der Waals surface area contributed by atoms with Gasteiger partial charge in [-0.1, -0.05) is 18.2 Å². The number of para-hydroxylation sites is 1. The number of nitrogens with one attached hydrogen (secondary N) is 1. The number of anilines is 1. The Morgan fingerprint density at radius 1 is 1.40 bits per heavy atom. The number of hydrogen-bond acceptors (Lipinski definition) is 1. The zero-order chi connectivity index (χ0) is 10.3. The number of fused-ring (bicyclic) bond motifs is 1. The SMILES string of the molecule is [2H][C@@H]1c2ccccc2NC([2H])([2H])[C@@H]1[2H].